The van der Waals surface area contributed by atoms with Crippen LogP contribution in [0.5, 0.6) is 5.75 Å². The molecule has 2 N–H and O–H groups in total. The van der Waals surface area contributed by atoms with E-state index in [4.69, 9.17) is 19.4 Å². The average Bonchev–Trinajstić information content (AvgIpc) is 3.73. The molecule has 0 amide bonds. The van der Waals surface area contributed by atoms with Crippen LogP contribution in [-0.2, 0) is 4.74 Å². The van der Waals surface area contributed by atoms with Crippen molar-refractivity contribution in [2.24, 2.45) is 0 Å². The molecule has 280 valence electrons. The molecule has 12 heteroatoms. The van der Waals surface area contributed by atoms with E-state index < -0.39 is 0 Å². The third kappa shape index (κ3) is 6.40. The zero-order chi connectivity index (χ0) is 38.4. The Balaban J connectivity index is 0.881. The van der Waals surface area contributed by atoms with Gasteiger partial charge in [0, 0.05) is 88.2 Å². The first-order chi connectivity index (χ1) is 26.7. The number of rotatable bonds is 14. The maximum Gasteiger partial charge on any atom is 0.246 e. The number of benzene rings is 1. The molecule has 55 heavy (non-hydrogen) atoms. The second-order valence-corrected chi connectivity index (χ2v) is 14.3. The lowest BCUT2D eigenvalue weighted by Gasteiger charge is -2.21. The Morgan fingerprint density at radius 1 is 0.727 bits per heavy atom. The highest BCUT2D eigenvalue weighted by atomic mass is 16.5. The van der Waals surface area contributed by atoms with Crippen LogP contribution in [0.25, 0.3) is 34.2 Å². The van der Waals surface area contributed by atoms with Crippen LogP contribution in [-0.4, -0.2) is 109 Å². The van der Waals surface area contributed by atoms with Gasteiger partial charge >= 0.3 is 0 Å². The number of aromatic nitrogens is 4. The van der Waals surface area contributed by atoms with E-state index in [1.165, 1.54) is 7.11 Å². The molecule has 0 aliphatic heterocycles. The highest BCUT2D eigenvalue weighted by molar-refractivity contribution is 6.28. The van der Waals surface area contributed by atoms with Gasteiger partial charge in [0.1, 0.15) is 23.1 Å². The smallest absolute Gasteiger partial charge is 0.246 e. The van der Waals surface area contributed by atoms with E-state index in [-0.39, 0.29) is 17.3 Å². The van der Waals surface area contributed by atoms with Crippen LogP contribution in [0.15, 0.2) is 54.6 Å². The lowest BCUT2D eigenvalue weighted by molar-refractivity contribution is 0.0946. The first kappa shape index (κ1) is 36.0. The summed E-state index contributed by atoms with van der Waals surface area (Å²) in [5.74, 6) is 2.01. The summed E-state index contributed by atoms with van der Waals surface area (Å²) in [7, 11) is 7.37. The Kier molecular flexibility index (Phi) is 9.62. The Morgan fingerprint density at radius 2 is 1.45 bits per heavy atom. The van der Waals surface area contributed by atoms with Crippen LogP contribution in [0.1, 0.15) is 49.8 Å². The Morgan fingerprint density at radius 3 is 2.20 bits per heavy atom. The lowest BCUT2D eigenvalue weighted by atomic mass is 10.0. The number of carbonyl (C=O) groups is 2. The molecule has 0 spiro atoms. The highest BCUT2D eigenvalue weighted by Crippen LogP contribution is 2.45. The van der Waals surface area contributed by atoms with Gasteiger partial charge < -0.3 is 29.9 Å². The fourth-order valence-electron chi connectivity index (χ4n) is 7.90. The third-order valence-electron chi connectivity index (χ3n) is 10.8. The minimum atomic E-state index is -0.216. The topological polar surface area (TPSA) is 135 Å². The Bertz CT molecular complexity index is 2670. The number of ketones is 2. The van der Waals surface area contributed by atoms with E-state index in [0.717, 1.165) is 92.5 Å². The monoisotopic (exact) mass is 736 g/mol. The zero-order valence-electron chi connectivity index (χ0n) is 32.0. The van der Waals surface area contributed by atoms with E-state index in [9.17, 15) is 9.59 Å². The van der Waals surface area contributed by atoms with E-state index in [2.05, 4.69) is 50.6 Å². The number of ether oxygens (including phenoxy) is 2. The van der Waals surface area contributed by atoms with Crippen molar-refractivity contribution in [3.63, 3.8) is 0 Å². The standard InChI is InChI=1S/C43H44N8O4/c1-24-31-23-32-36(27(31)12-14-44-24)30-10-11-34(55-6)40(52)39(30)49-42(32)46-16-20-50(3)18-7-19-51(4)21-17-47-43-38-37(28-9-8-26(54-5)22-33(28)48-43)29-13-15-45-25(2)35(29)41(38)53/h8-15,22-23,46H,7,16-21H2,1-6H3,(H,47,48). The minimum absolute atomic E-state index is 0.0407. The fourth-order valence-corrected chi connectivity index (χ4v) is 7.90. The number of hydrogen-bond acceptors (Lipinski definition) is 12. The number of nitrogens with zero attached hydrogens (tertiary/aromatic N) is 6. The molecule has 4 heterocycles. The lowest BCUT2D eigenvalue weighted by Crippen LogP contribution is -2.31. The van der Waals surface area contributed by atoms with Crippen molar-refractivity contribution >= 4 is 46.3 Å². The van der Waals surface area contributed by atoms with Crippen LogP contribution < -0.4 is 25.8 Å². The number of methoxy groups -OCH3 is 2. The van der Waals surface area contributed by atoms with E-state index in [1.54, 1.807) is 19.4 Å². The first-order valence-electron chi connectivity index (χ1n) is 18.6. The van der Waals surface area contributed by atoms with Gasteiger partial charge in [-0.2, -0.15) is 0 Å². The zero-order valence-corrected chi connectivity index (χ0v) is 32.0. The molecule has 12 nitrogen and oxygen atoms in total. The van der Waals surface area contributed by atoms with Gasteiger partial charge in [0.15, 0.2) is 11.5 Å². The van der Waals surface area contributed by atoms with Crippen LogP contribution >= 0.6 is 0 Å². The summed E-state index contributed by atoms with van der Waals surface area (Å²) in [5.41, 5.74) is 6.85. The predicted molar refractivity (Wildman–Crippen MR) is 214 cm³/mol. The number of nitrogens with one attached hydrogen (secondary N) is 2. The van der Waals surface area contributed by atoms with Crippen molar-refractivity contribution in [2.45, 2.75) is 20.3 Å². The number of anilines is 2. The van der Waals surface area contributed by atoms with Gasteiger partial charge in [0.25, 0.3) is 0 Å². The van der Waals surface area contributed by atoms with Crippen LogP contribution in [0, 0.1) is 24.3 Å². The fraction of sp³-hybridized carbons (Fsp3) is 0.302. The third-order valence-corrected chi connectivity index (χ3v) is 10.8. The molecule has 0 saturated carbocycles. The molecule has 4 aromatic heterocycles. The normalized spacial score (nSPS) is 13.5. The summed E-state index contributed by atoms with van der Waals surface area (Å²) in [6, 6.07) is 9.72. The maximum absolute atomic E-state index is 13.8. The summed E-state index contributed by atoms with van der Waals surface area (Å²) in [6.07, 6.45) is 10.3. The molecule has 0 radical (unpaired) electrons. The Labute approximate surface area is 318 Å². The van der Waals surface area contributed by atoms with Gasteiger partial charge in [-0.15, -0.1) is 0 Å². The van der Waals surface area contributed by atoms with Crippen LogP contribution in [0.2, 0.25) is 0 Å². The van der Waals surface area contributed by atoms with Crippen LogP contribution in [0.3, 0.4) is 0 Å². The average molecular weight is 737 g/mol. The van der Waals surface area contributed by atoms with Crippen molar-refractivity contribution in [3.8, 4) is 16.9 Å². The predicted octanol–water partition coefficient (Wildman–Crippen LogP) is 3.97. The quantitative estimate of drug-likeness (QED) is 0.167. The molecular formula is C43H44N8O4. The Hall–Kier alpha value is -5.98. The summed E-state index contributed by atoms with van der Waals surface area (Å²) in [5, 5.41) is 11.9. The molecule has 0 fully saturated rings. The van der Waals surface area contributed by atoms with Gasteiger partial charge in [-0.1, -0.05) is 0 Å². The second kappa shape index (κ2) is 14.7. The number of fused-ring (bicyclic) bond motifs is 9. The van der Waals surface area contributed by atoms with Crippen LogP contribution in [0.4, 0.5) is 11.6 Å². The minimum Gasteiger partial charge on any atom is -0.497 e. The second-order valence-electron chi connectivity index (χ2n) is 14.3. The van der Waals surface area contributed by atoms with Gasteiger partial charge in [0.05, 0.1) is 30.9 Å². The summed E-state index contributed by atoms with van der Waals surface area (Å²) >= 11 is 0. The molecule has 0 bridgehead atoms. The summed E-state index contributed by atoms with van der Waals surface area (Å²) in [4.78, 5) is 50.3. The number of carbonyl (C=O) groups excluding carboxylic acids is 2. The number of aryl methyl sites for hydroxylation is 2. The van der Waals surface area contributed by atoms with Gasteiger partial charge in [-0.25, -0.2) is 9.97 Å². The van der Waals surface area contributed by atoms with E-state index in [1.807, 2.05) is 56.5 Å². The molecule has 8 rings (SSSR count). The van der Waals surface area contributed by atoms with Gasteiger partial charge in [-0.3, -0.25) is 19.6 Å². The molecular weight excluding hydrogens is 693 g/mol. The van der Waals surface area contributed by atoms with Crippen molar-refractivity contribution in [3.05, 3.63) is 109 Å². The molecule has 1 aromatic carbocycles. The number of Topliss-reactive ketones (excluding diaryl/α,β-unsaturated/α-hetero) is 1. The van der Waals surface area contributed by atoms with Crippen molar-refractivity contribution < 1.29 is 19.1 Å². The van der Waals surface area contributed by atoms with Gasteiger partial charge in [0.2, 0.25) is 5.78 Å². The largest absolute Gasteiger partial charge is 0.497 e. The number of pyridine rings is 4. The molecule has 0 saturated heterocycles. The van der Waals surface area contributed by atoms with Crippen molar-refractivity contribution in [1.29, 1.82) is 0 Å². The number of likely N-dealkylation sites (N-methyl/N-ethyl adjacent to an activating group) is 2. The van der Waals surface area contributed by atoms with Gasteiger partial charge in [-0.05, 0) is 101 Å². The SMILES string of the molecule is COC1=CC=c2c(nc(NCCN(C)CCCN(C)CCNc3nc4cc(OC)ccc4c4c3C(=O)c3c-4ccnc3C)c3c2=c2ccnc(C)c2=C3)C1=O. The van der Waals surface area contributed by atoms with Crippen molar-refractivity contribution in [2.75, 3.05) is 78.2 Å². The number of hydrogen-bond donors (Lipinski definition) is 2. The number of allylic oxidation sites excluding steroid dienone is 2. The van der Waals surface area contributed by atoms with E-state index in [0.29, 0.717) is 47.3 Å². The van der Waals surface area contributed by atoms with E-state index >= 15 is 0 Å². The summed E-state index contributed by atoms with van der Waals surface area (Å²) in [6.45, 7) is 8.56. The molecule has 5 aromatic rings. The molecule has 3 aliphatic rings. The molecule has 3 aliphatic carbocycles. The van der Waals surface area contributed by atoms with Crippen molar-refractivity contribution in [1.82, 2.24) is 29.7 Å². The summed E-state index contributed by atoms with van der Waals surface area (Å²) < 4.78 is 10.8. The highest BCUT2D eigenvalue weighted by Gasteiger charge is 2.34. The molecule has 0 atom stereocenters. The maximum atomic E-state index is 13.8. The molecule has 0 unspecified atom stereocenters. The first-order valence-corrected chi connectivity index (χ1v) is 18.6.